The number of carbonyl (C=O) groups excluding carboxylic acids is 3. The van der Waals surface area contributed by atoms with Gasteiger partial charge in [-0.05, 0) is 49.7 Å². The summed E-state index contributed by atoms with van der Waals surface area (Å²) in [4.78, 5) is 49.9. The van der Waals surface area contributed by atoms with Crippen molar-refractivity contribution in [3.05, 3.63) is 97.1 Å². The summed E-state index contributed by atoms with van der Waals surface area (Å²) in [5.74, 6) is -2.49. The van der Waals surface area contributed by atoms with Gasteiger partial charge in [0.05, 0.1) is 30.6 Å². The van der Waals surface area contributed by atoms with Crippen molar-refractivity contribution in [2.45, 2.75) is 94.6 Å². The molecular weight excluding hydrogens is 682 g/mol. The Bertz CT molecular complexity index is 1530. The van der Waals surface area contributed by atoms with Crippen molar-refractivity contribution in [3.8, 4) is 0 Å². The lowest BCUT2D eigenvalue weighted by atomic mass is 9.70. The Labute approximate surface area is 300 Å². The van der Waals surface area contributed by atoms with Gasteiger partial charge in [-0.15, -0.1) is 13.2 Å². The molecule has 3 amide bonds. The van der Waals surface area contributed by atoms with Gasteiger partial charge in [0.1, 0.15) is 11.6 Å². The highest BCUT2D eigenvalue weighted by atomic mass is 79.9. The van der Waals surface area contributed by atoms with Crippen molar-refractivity contribution in [1.82, 2.24) is 14.7 Å². The van der Waals surface area contributed by atoms with Crippen molar-refractivity contribution < 1.29 is 24.2 Å². The zero-order chi connectivity index (χ0) is 35.7. The predicted molar refractivity (Wildman–Crippen MR) is 196 cm³/mol. The standard InChI is InChI=1S/C40H52BrN3O5/c1-8-20-42(24-28-18-14-11-15-19-28)35(46)31-32-36(47)44(29(25-45)22-27-16-12-10-13-17-27)34(40(32)23-30(41)33(31)49-40)37(48)43(21-9-2)39(6,7)26-38(3,4)5/h8-19,29-34,45H,1-2,20-26H2,3-7H3/t29-,30?,31-,32+,33-,34?,40?/m1/s1. The molecule has 1 spiro atoms. The maximum Gasteiger partial charge on any atom is 0.249 e. The summed E-state index contributed by atoms with van der Waals surface area (Å²) in [6, 6.07) is 17.6. The van der Waals surface area contributed by atoms with Gasteiger partial charge >= 0.3 is 0 Å². The second-order valence-corrected chi connectivity index (χ2v) is 16.9. The van der Waals surface area contributed by atoms with Gasteiger partial charge in [0.25, 0.3) is 0 Å². The molecule has 0 aliphatic carbocycles. The first-order valence-electron chi connectivity index (χ1n) is 17.3. The highest BCUT2D eigenvalue weighted by Crippen LogP contribution is 2.61. The summed E-state index contributed by atoms with van der Waals surface area (Å²) in [6.45, 7) is 19.0. The van der Waals surface area contributed by atoms with Gasteiger partial charge in [-0.2, -0.15) is 0 Å². The van der Waals surface area contributed by atoms with E-state index in [-0.39, 0.29) is 41.1 Å². The van der Waals surface area contributed by atoms with Gasteiger partial charge in [0.2, 0.25) is 17.7 Å². The van der Waals surface area contributed by atoms with E-state index in [1.807, 2.05) is 79.4 Å². The number of aliphatic hydroxyl groups is 1. The molecule has 3 heterocycles. The number of amides is 3. The van der Waals surface area contributed by atoms with Crippen LogP contribution in [0.15, 0.2) is 86.0 Å². The number of carbonyl (C=O) groups is 3. The Balaban J connectivity index is 1.62. The molecule has 49 heavy (non-hydrogen) atoms. The van der Waals surface area contributed by atoms with Crippen molar-refractivity contribution in [1.29, 1.82) is 0 Å². The third-order valence-electron chi connectivity index (χ3n) is 10.3. The van der Waals surface area contributed by atoms with Gasteiger partial charge in [-0.3, -0.25) is 14.4 Å². The number of nitrogens with zero attached hydrogens (tertiary/aromatic N) is 3. The zero-order valence-corrected chi connectivity index (χ0v) is 31.1. The van der Waals surface area contributed by atoms with Gasteiger partial charge in [-0.25, -0.2) is 0 Å². The highest BCUT2D eigenvalue weighted by Gasteiger charge is 2.77. The van der Waals surface area contributed by atoms with Crippen molar-refractivity contribution in [3.63, 3.8) is 0 Å². The summed E-state index contributed by atoms with van der Waals surface area (Å²) >= 11 is 3.83. The summed E-state index contributed by atoms with van der Waals surface area (Å²) in [7, 11) is 0. The summed E-state index contributed by atoms with van der Waals surface area (Å²) in [6.07, 6.45) is 4.24. The van der Waals surface area contributed by atoms with Crippen LogP contribution < -0.4 is 0 Å². The molecule has 0 radical (unpaired) electrons. The molecule has 3 aliphatic heterocycles. The van der Waals surface area contributed by atoms with Crippen LogP contribution in [0.1, 0.15) is 58.6 Å². The van der Waals surface area contributed by atoms with E-state index in [4.69, 9.17) is 4.74 Å². The number of halogens is 1. The first-order valence-corrected chi connectivity index (χ1v) is 18.3. The molecule has 1 N–H and O–H groups in total. The van der Waals surface area contributed by atoms with Crippen molar-refractivity contribution in [2.24, 2.45) is 17.3 Å². The van der Waals surface area contributed by atoms with Crippen molar-refractivity contribution in [2.75, 3.05) is 19.7 Å². The first-order chi connectivity index (χ1) is 23.2. The minimum Gasteiger partial charge on any atom is -0.394 e. The molecule has 9 heteroatoms. The molecule has 3 unspecified atom stereocenters. The minimum absolute atomic E-state index is 0.0930. The summed E-state index contributed by atoms with van der Waals surface area (Å²) in [5.41, 5.74) is -0.0612. The quantitative estimate of drug-likeness (QED) is 0.197. The highest BCUT2D eigenvalue weighted by molar-refractivity contribution is 9.09. The number of aliphatic hydroxyl groups excluding tert-OH is 1. The van der Waals surface area contributed by atoms with Crippen LogP contribution in [0.2, 0.25) is 0 Å². The fraction of sp³-hybridized carbons (Fsp3) is 0.525. The van der Waals surface area contributed by atoms with E-state index in [9.17, 15) is 9.90 Å². The van der Waals surface area contributed by atoms with E-state index in [0.29, 0.717) is 32.4 Å². The second kappa shape index (κ2) is 14.5. The van der Waals surface area contributed by atoms with Gasteiger partial charge in [0, 0.05) is 30.0 Å². The van der Waals surface area contributed by atoms with Gasteiger partial charge in [-0.1, -0.05) is 110 Å². The molecule has 0 saturated carbocycles. The SMILES string of the molecule is C=CCN(Cc1ccccc1)C(=O)[C@H]1[C@@H]2OC3(CC2Br)C(C(=O)N(CC=C)C(C)(C)CC(C)(C)C)N([C@@H](CO)Cc2ccccc2)C(=O)[C@H]13. The van der Waals surface area contributed by atoms with E-state index >= 15 is 9.59 Å². The predicted octanol–water partition coefficient (Wildman–Crippen LogP) is 5.78. The van der Waals surface area contributed by atoms with Crippen LogP contribution in [-0.4, -0.2) is 91.4 Å². The molecule has 2 bridgehead atoms. The largest absolute Gasteiger partial charge is 0.394 e. The van der Waals surface area contributed by atoms with Crippen LogP contribution in [0.4, 0.5) is 0 Å². The van der Waals surface area contributed by atoms with Crippen LogP contribution in [0.5, 0.6) is 0 Å². The Hall–Kier alpha value is -3.27. The number of alkyl halides is 1. The minimum atomic E-state index is -1.26. The first kappa shape index (κ1) is 37.0. The maximum absolute atomic E-state index is 15.3. The zero-order valence-electron chi connectivity index (χ0n) is 29.6. The Morgan fingerprint density at radius 3 is 2.14 bits per heavy atom. The Morgan fingerprint density at radius 1 is 1.00 bits per heavy atom. The van der Waals surface area contributed by atoms with E-state index in [2.05, 4.69) is 49.9 Å². The molecule has 2 aromatic rings. The number of hydrogen-bond donors (Lipinski definition) is 1. The summed E-state index contributed by atoms with van der Waals surface area (Å²) < 4.78 is 6.89. The maximum atomic E-state index is 15.3. The fourth-order valence-corrected chi connectivity index (χ4v) is 9.81. The number of hydrogen-bond acceptors (Lipinski definition) is 5. The molecule has 5 rings (SSSR count). The van der Waals surface area contributed by atoms with Crippen LogP contribution in [0, 0.1) is 17.3 Å². The topological polar surface area (TPSA) is 90.4 Å². The number of benzene rings is 2. The lowest BCUT2D eigenvalue weighted by Crippen LogP contribution is -2.63. The number of fused-ring (bicyclic) bond motifs is 1. The molecule has 3 saturated heterocycles. The Morgan fingerprint density at radius 2 is 1.59 bits per heavy atom. The third kappa shape index (κ3) is 7.17. The Kier molecular flexibility index (Phi) is 11.0. The van der Waals surface area contributed by atoms with Gasteiger partial charge in [0.15, 0.2) is 0 Å². The van der Waals surface area contributed by atoms with Crippen LogP contribution in [-0.2, 0) is 32.1 Å². The average Bonchev–Trinajstić information content (AvgIpc) is 3.64. The number of likely N-dealkylation sites (tertiary alicyclic amines) is 1. The molecule has 264 valence electrons. The van der Waals surface area contributed by atoms with Crippen LogP contribution in [0.3, 0.4) is 0 Å². The lowest BCUT2D eigenvalue weighted by molar-refractivity contribution is -0.155. The van der Waals surface area contributed by atoms with E-state index in [1.54, 1.807) is 22.0 Å². The average molecular weight is 735 g/mol. The second-order valence-electron chi connectivity index (χ2n) is 15.7. The normalized spacial score (nSPS) is 26.7. The molecule has 8 nitrogen and oxygen atoms in total. The molecule has 2 aromatic carbocycles. The van der Waals surface area contributed by atoms with Crippen molar-refractivity contribution >= 4 is 33.7 Å². The molecule has 3 fully saturated rings. The number of ether oxygens (including phenoxy) is 1. The lowest BCUT2D eigenvalue weighted by Gasteiger charge is -2.46. The monoisotopic (exact) mass is 733 g/mol. The molecule has 3 aliphatic rings. The van der Waals surface area contributed by atoms with Crippen LogP contribution in [0.25, 0.3) is 0 Å². The number of rotatable bonds is 14. The van der Waals surface area contributed by atoms with Gasteiger partial charge < -0.3 is 24.5 Å². The molecule has 0 aromatic heterocycles. The summed E-state index contributed by atoms with van der Waals surface area (Å²) in [5, 5.41) is 10.9. The molecule has 7 atom stereocenters. The van der Waals surface area contributed by atoms with E-state index < -0.39 is 41.2 Å². The molecular formula is C40H52BrN3O5. The third-order valence-corrected chi connectivity index (χ3v) is 11.2. The van der Waals surface area contributed by atoms with Crippen LogP contribution >= 0.6 is 15.9 Å². The smallest absolute Gasteiger partial charge is 0.249 e. The van der Waals surface area contributed by atoms with E-state index in [1.165, 1.54) is 0 Å². The van der Waals surface area contributed by atoms with E-state index in [0.717, 1.165) is 11.1 Å². The fourth-order valence-electron chi connectivity index (χ4n) is 8.87.